The van der Waals surface area contributed by atoms with Crippen molar-refractivity contribution < 1.29 is 9.53 Å². The van der Waals surface area contributed by atoms with Crippen LogP contribution in [-0.4, -0.2) is 35.4 Å². The molecule has 2 rings (SSSR count). The second-order valence-corrected chi connectivity index (χ2v) is 7.37. The molecule has 0 saturated heterocycles. The van der Waals surface area contributed by atoms with Crippen LogP contribution in [0.2, 0.25) is 0 Å². The first-order valence-corrected chi connectivity index (χ1v) is 8.89. The molecule has 0 aliphatic heterocycles. The van der Waals surface area contributed by atoms with E-state index in [0.29, 0.717) is 5.25 Å². The third-order valence-corrected chi connectivity index (χ3v) is 5.99. The van der Waals surface area contributed by atoms with Gasteiger partial charge in [-0.3, -0.25) is 4.79 Å². The number of likely N-dealkylation sites (N-methyl/N-ethyl adjacent to an activating group) is 1. The quantitative estimate of drug-likeness (QED) is 0.802. The van der Waals surface area contributed by atoms with Crippen molar-refractivity contribution in [3.8, 4) is 0 Å². The van der Waals surface area contributed by atoms with E-state index >= 15 is 0 Å². The molecule has 1 N–H and O–H groups in total. The molecule has 1 aliphatic rings. The number of ether oxygens (including phenoxy) is 1. The van der Waals surface area contributed by atoms with E-state index in [0.717, 1.165) is 41.7 Å². The van der Waals surface area contributed by atoms with E-state index in [1.165, 1.54) is 7.11 Å². The molecule has 2 atom stereocenters. The summed E-state index contributed by atoms with van der Waals surface area (Å²) in [7, 11) is 1.47. The number of carbonyl (C=O) groups excluding carboxylic acids is 1. The summed E-state index contributed by atoms with van der Waals surface area (Å²) in [5.74, 6) is -0.144. The van der Waals surface area contributed by atoms with Gasteiger partial charge in [0.25, 0.3) is 0 Å². The van der Waals surface area contributed by atoms with E-state index in [1.807, 2.05) is 19.1 Å². The Bertz CT molecular complexity index is 496. The fraction of sp³-hybridized carbons (Fsp3) is 0.600. The van der Waals surface area contributed by atoms with Crippen LogP contribution in [0.5, 0.6) is 0 Å². The van der Waals surface area contributed by atoms with Gasteiger partial charge in [0.15, 0.2) is 0 Å². The van der Waals surface area contributed by atoms with Crippen LogP contribution in [0, 0.1) is 0 Å². The molecule has 116 valence electrons. The Hall–Kier alpha value is -0.590. The highest BCUT2D eigenvalue weighted by Gasteiger charge is 2.43. The molecule has 0 amide bonds. The number of esters is 1. The molecule has 0 radical (unpaired) electrons. The molecule has 21 heavy (non-hydrogen) atoms. The Morgan fingerprint density at radius 1 is 1.67 bits per heavy atom. The molecule has 0 spiro atoms. The first-order chi connectivity index (χ1) is 10.1. The Morgan fingerprint density at radius 3 is 3.14 bits per heavy atom. The minimum Gasteiger partial charge on any atom is -0.468 e. The fourth-order valence-corrected chi connectivity index (χ4v) is 4.70. The monoisotopic (exact) mass is 372 g/mol. The predicted octanol–water partition coefficient (Wildman–Crippen LogP) is 3.40. The van der Waals surface area contributed by atoms with Crippen molar-refractivity contribution in [2.75, 3.05) is 13.7 Å². The van der Waals surface area contributed by atoms with Crippen LogP contribution in [0.1, 0.15) is 32.6 Å². The minimum absolute atomic E-state index is 0.144. The summed E-state index contributed by atoms with van der Waals surface area (Å²) in [4.78, 5) is 16.6. The Balaban J connectivity index is 2.12. The van der Waals surface area contributed by atoms with Gasteiger partial charge in [0, 0.05) is 15.9 Å². The number of pyridine rings is 1. The summed E-state index contributed by atoms with van der Waals surface area (Å²) in [5, 5.41) is 4.71. The number of rotatable bonds is 5. The van der Waals surface area contributed by atoms with E-state index in [9.17, 15) is 4.79 Å². The average molecular weight is 373 g/mol. The average Bonchev–Trinajstić information content (AvgIpc) is 2.49. The van der Waals surface area contributed by atoms with E-state index in [1.54, 1.807) is 18.0 Å². The minimum atomic E-state index is -0.541. The fourth-order valence-electron chi connectivity index (χ4n) is 2.89. The highest BCUT2D eigenvalue weighted by atomic mass is 79.9. The largest absolute Gasteiger partial charge is 0.468 e. The van der Waals surface area contributed by atoms with Crippen LogP contribution in [0.4, 0.5) is 0 Å². The van der Waals surface area contributed by atoms with E-state index in [4.69, 9.17) is 4.74 Å². The number of carbonyl (C=O) groups is 1. The highest BCUT2D eigenvalue weighted by Crippen LogP contribution is 2.40. The topological polar surface area (TPSA) is 51.2 Å². The molecule has 4 nitrogen and oxygen atoms in total. The summed E-state index contributed by atoms with van der Waals surface area (Å²) in [5.41, 5.74) is -0.541. The van der Waals surface area contributed by atoms with E-state index < -0.39 is 5.54 Å². The molecule has 0 bridgehead atoms. The molecular weight excluding hydrogens is 352 g/mol. The molecule has 6 heteroatoms. The van der Waals surface area contributed by atoms with Crippen molar-refractivity contribution in [3.63, 3.8) is 0 Å². The zero-order valence-electron chi connectivity index (χ0n) is 12.4. The van der Waals surface area contributed by atoms with Gasteiger partial charge < -0.3 is 10.1 Å². The van der Waals surface area contributed by atoms with Gasteiger partial charge in [0.1, 0.15) is 10.6 Å². The van der Waals surface area contributed by atoms with Gasteiger partial charge in [-0.2, -0.15) is 0 Å². The first kappa shape index (κ1) is 16.8. The van der Waals surface area contributed by atoms with Crippen molar-refractivity contribution in [1.82, 2.24) is 10.3 Å². The second-order valence-electron chi connectivity index (χ2n) is 5.23. The molecule has 1 heterocycles. The van der Waals surface area contributed by atoms with Gasteiger partial charge in [-0.25, -0.2) is 4.98 Å². The Morgan fingerprint density at radius 2 is 2.48 bits per heavy atom. The van der Waals surface area contributed by atoms with Crippen molar-refractivity contribution in [1.29, 1.82) is 0 Å². The molecule has 1 aliphatic carbocycles. The normalized spacial score (nSPS) is 25.6. The first-order valence-electron chi connectivity index (χ1n) is 7.22. The lowest BCUT2D eigenvalue weighted by Crippen LogP contribution is -2.56. The molecule has 1 aromatic heterocycles. The molecule has 1 aromatic rings. The second kappa shape index (κ2) is 7.61. The summed E-state index contributed by atoms with van der Waals surface area (Å²) in [6.45, 7) is 2.79. The van der Waals surface area contributed by atoms with E-state index in [-0.39, 0.29) is 5.97 Å². The molecular formula is C15H21BrN2O2S. The summed E-state index contributed by atoms with van der Waals surface area (Å²) in [6, 6.07) is 3.91. The number of hydrogen-bond donors (Lipinski definition) is 1. The highest BCUT2D eigenvalue weighted by molar-refractivity contribution is 9.10. The van der Waals surface area contributed by atoms with Crippen LogP contribution >= 0.6 is 27.7 Å². The summed E-state index contributed by atoms with van der Waals surface area (Å²) < 4.78 is 6.04. The van der Waals surface area contributed by atoms with Crippen molar-refractivity contribution in [2.45, 2.75) is 48.4 Å². The van der Waals surface area contributed by atoms with Gasteiger partial charge in [-0.05, 0) is 60.3 Å². The molecule has 1 fully saturated rings. The SMILES string of the molecule is CCNC1(C(=O)OC)CCCC(Sc2ncccc2Br)C1. The number of halogens is 1. The van der Waals surface area contributed by atoms with E-state index in [2.05, 4.69) is 26.2 Å². The number of nitrogens with one attached hydrogen (secondary N) is 1. The third kappa shape index (κ3) is 3.99. The van der Waals surface area contributed by atoms with Crippen molar-refractivity contribution >= 4 is 33.7 Å². The van der Waals surface area contributed by atoms with Gasteiger partial charge in [0.05, 0.1) is 7.11 Å². The molecule has 0 aromatic carbocycles. The predicted molar refractivity (Wildman–Crippen MR) is 88.5 cm³/mol. The van der Waals surface area contributed by atoms with Crippen molar-refractivity contribution in [3.05, 3.63) is 22.8 Å². The standard InChI is InChI=1S/C15H21BrN2O2S/c1-3-18-15(14(19)20-2)8-4-6-11(10-15)21-13-12(16)7-5-9-17-13/h5,7,9,11,18H,3-4,6,8,10H2,1-2H3. The van der Waals surface area contributed by atoms with Crippen LogP contribution < -0.4 is 5.32 Å². The lowest BCUT2D eigenvalue weighted by molar-refractivity contribution is -0.150. The zero-order valence-corrected chi connectivity index (χ0v) is 14.8. The summed E-state index contributed by atoms with van der Waals surface area (Å²) in [6.07, 6.45) is 5.53. The van der Waals surface area contributed by atoms with Gasteiger partial charge in [0.2, 0.25) is 0 Å². The Labute approximate surface area is 138 Å². The lowest BCUT2D eigenvalue weighted by Gasteiger charge is -2.38. The number of hydrogen-bond acceptors (Lipinski definition) is 5. The lowest BCUT2D eigenvalue weighted by atomic mass is 9.81. The smallest absolute Gasteiger partial charge is 0.326 e. The maximum atomic E-state index is 12.2. The molecule has 1 saturated carbocycles. The van der Waals surface area contributed by atoms with Crippen LogP contribution in [0.25, 0.3) is 0 Å². The van der Waals surface area contributed by atoms with Crippen LogP contribution in [-0.2, 0) is 9.53 Å². The summed E-state index contributed by atoms with van der Waals surface area (Å²) >= 11 is 5.28. The van der Waals surface area contributed by atoms with Gasteiger partial charge in [-0.15, -0.1) is 11.8 Å². The number of aromatic nitrogens is 1. The third-order valence-electron chi connectivity index (χ3n) is 3.80. The van der Waals surface area contributed by atoms with Crippen molar-refractivity contribution in [2.24, 2.45) is 0 Å². The maximum Gasteiger partial charge on any atom is 0.326 e. The number of thioether (sulfide) groups is 1. The van der Waals surface area contributed by atoms with Gasteiger partial charge >= 0.3 is 5.97 Å². The van der Waals surface area contributed by atoms with Crippen LogP contribution in [0.15, 0.2) is 27.8 Å². The Kier molecular flexibility index (Phi) is 6.08. The number of nitrogens with zero attached hydrogens (tertiary/aromatic N) is 1. The maximum absolute atomic E-state index is 12.2. The zero-order chi connectivity index (χ0) is 15.3. The molecule has 2 unspecified atom stereocenters. The van der Waals surface area contributed by atoms with Crippen LogP contribution in [0.3, 0.4) is 0 Å². The number of methoxy groups -OCH3 is 1. The van der Waals surface area contributed by atoms with Gasteiger partial charge in [-0.1, -0.05) is 6.92 Å².